The average Bonchev–Trinajstić information content (AvgIpc) is 2.64. The fraction of sp³-hybridized carbons (Fsp3) is 0.182. The van der Waals surface area contributed by atoms with E-state index < -0.39 is 6.03 Å². The van der Waals surface area contributed by atoms with Crippen molar-refractivity contribution in [2.45, 2.75) is 0 Å². The maximum Gasteiger partial charge on any atom is 0.333 e. The van der Waals surface area contributed by atoms with Gasteiger partial charge in [0, 0.05) is 10.7 Å². The monoisotopic (exact) mass is 281 g/mol. The van der Waals surface area contributed by atoms with Crippen LogP contribution in [0.25, 0.3) is 0 Å². The number of halogens is 1. The predicted molar refractivity (Wildman–Crippen MR) is 70.9 cm³/mol. The molecule has 0 radical (unpaired) electrons. The second-order valence-corrected chi connectivity index (χ2v) is 4.18. The predicted octanol–water partition coefficient (Wildman–Crippen LogP) is 2.17. The number of nitrogens with zero attached hydrogens (tertiary/aromatic N) is 3. The van der Waals surface area contributed by atoms with E-state index in [1.807, 2.05) is 0 Å². The van der Waals surface area contributed by atoms with Gasteiger partial charge in [-0.05, 0) is 36.5 Å². The summed E-state index contributed by atoms with van der Waals surface area (Å²) in [6, 6.07) is 6.26. The molecule has 1 aliphatic heterocycles. The van der Waals surface area contributed by atoms with Crippen molar-refractivity contribution >= 4 is 46.6 Å². The third-order valence-corrected chi connectivity index (χ3v) is 2.85. The molecule has 18 heavy (non-hydrogen) atoms. The Kier molecular flexibility index (Phi) is 3.72. The number of urea groups is 1. The number of rotatable bonds is 3. The number of isothiocyanates is 1. The smallest absolute Gasteiger partial charge is 0.284 e. The normalized spacial score (nSPS) is 14.9. The summed E-state index contributed by atoms with van der Waals surface area (Å²) in [5.41, 5.74) is 0.617. The number of hydrogen-bond acceptors (Lipinski definition) is 4. The van der Waals surface area contributed by atoms with Crippen molar-refractivity contribution in [3.63, 3.8) is 0 Å². The third-order valence-electron chi connectivity index (χ3n) is 2.47. The highest BCUT2D eigenvalue weighted by atomic mass is 35.5. The standard InChI is InChI=1S/C11H8ClN3O2S/c12-8-1-3-9(4-2-8)14-5-10(16)15(11(14)17)6-13-7-18/h1-4H,5-6H2. The highest BCUT2D eigenvalue weighted by molar-refractivity contribution is 7.78. The third kappa shape index (κ3) is 2.41. The maximum absolute atomic E-state index is 12.0. The first-order chi connectivity index (χ1) is 8.63. The zero-order chi connectivity index (χ0) is 13.1. The number of aliphatic imine (C=N–C) groups is 1. The van der Waals surface area contributed by atoms with Crippen LogP contribution in [0, 0.1) is 0 Å². The minimum Gasteiger partial charge on any atom is -0.284 e. The van der Waals surface area contributed by atoms with E-state index in [1.165, 1.54) is 4.90 Å². The van der Waals surface area contributed by atoms with Crippen LogP contribution in [0.5, 0.6) is 0 Å². The van der Waals surface area contributed by atoms with Crippen LogP contribution in [-0.4, -0.2) is 35.2 Å². The number of amides is 3. The molecule has 0 aromatic heterocycles. The molecule has 0 saturated carbocycles. The fourth-order valence-electron chi connectivity index (χ4n) is 1.60. The van der Waals surface area contributed by atoms with Crippen LogP contribution in [0.15, 0.2) is 29.3 Å². The van der Waals surface area contributed by atoms with E-state index in [9.17, 15) is 9.59 Å². The van der Waals surface area contributed by atoms with E-state index in [4.69, 9.17) is 11.6 Å². The van der Waals surface area contributed by atoms with Crippen molar-refractivity contribution in [2.75, 3.05) is 18.1 Å². The van der Waals surface area contributed by atoms with Crippen LogP contribution in [0.3, 0.4) is 0 Å². The van der Waals surface area contributed by atoms with E-state index in [1.54, 1.807) is 24.3 Å². The van der Waals surface area contributed by atoms with Crippen LogP contribution in [0.4, 0.5) is 10.5 Å². The molecule has 1 saturated heterocycles. The van der Waals surface area contributed by atoms with E-state index >= 15 is 0 Å². The molecule has 1 aromatic carbocycles. The molecule has 1 fully saturated rings. The van der Waals surface area contributed by atoms with Gasteiger partial charge in [-0.15, -0.1) is 0 Å². The summed E-state index contributed by atoms with van der Waals surface area (Å²) in [5, 5.41) is 2.69. The quantitative estimate of drug-likeness (QED) is 0.485. The molecule has 1 heterocycles. The number of benzene rings is 1. The van der Waals surface area contributed by atoms with Crippen LogP contribution in [-0.2, 0) is 4.79 Å². The molecule has 0 N–H and O–H groups in total. The van der Waals surface area contributed by atoms with E-state index in [2.05, 4.69) is 22.4 Å². The van der Waals surface area contributed by atoms with Crippen LogP contribution in [0.1, 0.15) is 0 Å². The fourth-order valence-corrected chi connectivity index (χ4v) is 1.79. The van der Waals surface area contributed by atoms with Gasteiger partial charge in [-0.3, -0.25) is 9.69 Å². The molecule has 92 valence electrons. The van der Waals surface area contributed by atoms with Gasteiger partial charge in [0.05, 0.1) is 5.16 Å². The number of imide groups is 1. The van der Waals surface area contributed by atoms with E-state index in [-0.39, 0.29) is 19.1 Å². The minimum absolute atomic E-state index is 0.00653. The molecule has 0 atom stereocenters. The lowest BCUT2D eigenvalue weighted by Gasteiger charge is -2.15. The Bertz CT molecular complexity index is 540. The Labute approximate surface area is 114 Å². The molecule has 5 nitrogen and oxygen atoms in total. The molecule has 1 aromatic rings. The Morgan fingerprint density at radius 1 is 1.33 bits per heavy atom. The average molecular weight is 282 g/mol. The van der Waals surface area contributed by atoms with E-state index in [0.29, 0.717) is 10.7 Å². The second-order valence-electron chi connectivity index (χ2n) is 3.56. The summed E-state index contributed by atoms with van der Waals surface area (Å²) >= 11 is 10.2. The number of hydrogen-bond donors (Lipinski definition) is 0. The zero-order valence-electron chi connectivity index (χ0n) is 9.17. The minimum atomic E-state index is -0.420. The summed E-state index contributed by atoms with van der Waals surface area (Å²) < 4.78 is 0. The van der Waals surface area contributed by atoms with Crippen LogP contribution in [0.2, 0.25) is 5.02 Å². The Morgan fingerprint density at radius 3 is 2.61 bits per heavy atom. The van der Waals surface area contributed by atoms with Crippen molar-refractivity contribution in [2.24, 2.45) is 4.99 Å². The molecule has 3 amide bonds. The van der Waals surface area contributed by atoms with Crippen LogP contribution >= 0.6 is 23.8 Å². The summed E-state index contributed by atoms with van der Waals surface area (Å²) in [6.45, 7) is -0.0985. The number of carbonyl (C=O) groups excluding carboxylic acids is 2. The van der Waals surface area contributed by atoms with Gasteiger partial charge in [-0.1, -0.05) is 11.6 Å². The topological polar surface area (TPSA) is 53.0 Å². The summed E-state index contributed by atoms with van der Waals surface area (Å²) in [6.07, 6.45) is 0. The molecular weight excluding hydrogens is 274 g/mol. The summed E-state index contributed by atoms with van der Waals surface area (Å²) in [4.78, 5) is 29.6. The SMILES string of the molecule is O=C1CN(c2ccc(Cl)cc2)C(=O)N1CN=C=S. The first kappa shape index (κ1) is 12.7. The summed E-state index contributed by atoms with van der Waals surface area (Å²) in [7, 11) is 0. The number of thiocarbonyl (C=S) groups is 1. The van der Waals surface area contributed by atoms with E-state index in [0.717, 1.165) is 4.90 Å². The molecular formula is C11H8ClN3O2S. The van der Waals surface area contributed by atoms with Gasteiger partial charge in [-0.2, -0.15) is 0 Å². The highest BCUT2D eigenvalue weighted by Crippen LogP contribution is 2.22. The van der Waals surface area contributed by atoms with Crippen LogP contribution < -0.4 is 4.90 Å². The number of anilines is 1. The molecule has 0 unspecified atom stereocenters. The zero-order valence-corrected chi connectivity index (χ0v) is 10.7. The van der Waals surface area contributed by atoms with Gasteiger partial charge in [-0.25, -0.2) is 14.7 Å². The lowest BCUT2D eigenvalue weighted by molar-refractivity contribution is -0.124. The second kappa shape index (κ2) is 5.27. The van der Waals surface area contributed by atoms with Crippen molar-refractivity contribution in [1.82, 2.24) is 4.90 Å². The van der Waals surface area contributed by atoms with Crippen molar-refractivity contribution < 1.29 is 9.59 Å². The Hall–Kier alpha value is -1.75. The first-order valence-corrected chi connectivity index (χ1v) is 5.83. The molecule has 1 aliphatic rings. The van der Waals surface area contributed by atoms with Gasteiger partial charge in [0.25, 0.3) is 5.91 Å². The maximum atomic E-state index is 12.0. The van der Waals surface area contributed by atoms with Gasteiger partial charge in [0.15, 0.2) is 0 Å². The van der Waals surface area contributed by atoms with Crippen molar-refractivity contribution in [1.29, 1.82) is 0 Å². The van der Waals surface area contributed by atoms with Gasteiger partial charge in [0.2, 0.25) is 0 Å². The molecule has 2 rings (SSSR count). The number of carbonyl (C=O) groups is 2. The first-order valence-electron chi connectivity index (χ1n) is 5.04. The lowest BCUT2D eigenvalue weighted by Crippen LogP contribution is -2.33. The Balaban J connectivity index is 2.22. The molecule has 7 heteroatoms. The lowest BCUT2D eigenvalue weighted by atomic mass is 10.3. The largest absolute Gasteiger partial charge is 0.333 e. The molecule has 0 bridgehead atoms. The Morgan fingerprint density at radius 2 is 2.00 bits per heavy atom. The van der Waals surface area contributed by atoms with Gasteiger partial charge < -0.3 is 0 Å². The van der Waals surface area contributed by atoms with Gasteiger partial charge >= 0.3 is 6.03 Å². The van der Waals surface area contributed by atoms with Crippen molar-refractivity contribution in [3.8, 4) is 0 Å². The molecule has 0 spiro atoms. The van der Waals surface area contributed by atoms with Gasteiger partial charge in [0.1, 0.15) is 13.2 Å². The highest BCUT2D eigenvalue weighted by Gasteiger charge is 2.36. The summed E-state index contributed by atoms with van der Waals surface area (Å²) in [5.74, 6) is -0.316. The molecule has 0 aliphatic carbocycles. The van der Waals surface area contributed by atoms with Crippen molar-refractivity contribution in [3.05, 3.63) is 29.3 Å².